The average Bonchev–Trinajstić information content (AvgIpc) is 2.53. The van der Waals surface area contributed by atoms with Gasteiger partial charge in [0, 0.05) is 11.1 Å². The van der Waals surface area contributed by atoms with Gasteiger partial charge in [0.2, 0.25) is 10.0 Å². The first kappa shape index (κ1) is 20.4. The van der Waals surface area contributed by atoms with E-state index in [0.29, 0.717) is 0 Å². The first-order chi connectivity index (χ1) is 12.1. The number of hydrogen-bond acceptors (Lipinski definition) is 4. The first-order valence-electron chi connectivity index (χ1n) is 7.88. The molecular formula is C18H21ClN2O4S. The Hall–Kier alpha value is -1.93. The molecule has 0 fully saturated rings. The lowest BCUT2D eigenvalue weighted by atomic mass is 10.1. The molecule has 26 heavy (non-hydrogen) atoms. The normalized spacial score (nSPS) is 12.0. The van der Waals surface area contributed by atoms with E-state index in [4.69, 9.17) is 16.4 Å². The number of amides is 1. The Kier molecular flexibility index (Phi) is 6.41. The van der Waals surface area contributed by atoms with Gasteiger partial charge in [0.15, 0.2) is 0 Å². The van der Waals surface area contributed by atoms with E-state index in [1.807, 2.05) is 30.3 Å². The number of hydroxylamine groups is 1. The molecule has 1 amide bonds. The molecule has 2 aromatic rings. The number of benzene rings is 2. The number of nitrogens with one attached hydrogen (secondary N) is 2. The molecule has 0 bridgehead atoms. The molecule has 0 heterocycles. The van der Waals surface area contributed by atoms with Crippen molar-refractivity contribution in [3.8, 4) is 0 Å². The molecule has 0 saturated carbocycles. The van der Waals surface area contributed by atoms with Crippen LogP contribution in [0.5, 0.6) is 0 Å². The Labute approximate surface area is 158 Å². The quantitative estimate of drug-likeness (QED) is 0.734. The van der Waals surface area contributed by atoms with Crippen LogP contribution in [0.1, 0.15) is 36.7 Å². The highest BCUT2D eigenvalue weighted by molar-refractivity contribution is 7.89. The van der Waals surface area contributed by atoms with Gasteiger partial charge in [-0.1, -0.05) is 41.9 Å². The molecule has 140 valence electrons. The third-order valence-electron chi connectivity index (χ3n) is 3.17. The summed E-state index contributed by atoms with van der Waals surface area (Å²) >= 11 is 6.02. The second-order valence-corrected chi connectivity index (χ2v) is 8.76. The first-order valence-corrected chi connectivity index (χ1v) is 9.74. The second kappa shape index (κ2) is 8.18. The maximum Gasteiger partial charge on any atom is 0.274 e. The standard InChI is InChI=1S/C18H21ClN2O4S/c1-18(2,3)21-26(23,24)16-11-14(9-10-15(16)19)17(22)20-25-12-13-7-5-4-6-8-13/h4-11,21H,12H2,1-3H3,(H,20,22). The molecule has 0 aliphatic heterocycles. The number of carbonyl (C=O) groups is 1. The predicted molar refractivity (Wildman–Crippen MR) is 100 cm³/mol. The molecule has 0 radical (unpaired) electrons. The summed E-state index contributed by atoms with van der Waals surface area (Å²) in [5, 5.41) is 0.0310. The monoisotopic (exact) mass is 396 g/mol. The van der Waals surface area contributed by atoms with Crippen molar-refractivity contribution in [2.45, 2.75) is 37.8 Å². The van der Waals surface area contributed by atoms with E-state index in [2.05, 4.69) is 10.2 Å². The molecule has 8 heteroatoms. The lowest BCUT2D eigenvalue weighted by Crippen LogP contribution is -2.40. The molecule has 2 aromatic carbocycles. The number of hydrogen-bond donors (Lipinski definition) is 2. The van der Waals surface area contributed by atoms with Crippen LogP contribution in [0.15, 0.2) is 53.4 Å². The van der Waals surface area contributed by atoms with Crippen molar-refractivity contribution in [1.82, 2.24) is 10.2 Å². The largest absolute Gasteiger partial charge is 0.274 e. The molecule has 0 aromatic heterocycles. The van der Waals surface area contributed by atoms with Crippen molar-refractivity contribution in [1.29, 1.82) is 0 Å². The number of carbonyl (C=O) groups excluding carboxylic acids is 1. The summed E-state index contributed by atoms with van der Waals surface area (Å²) in [6.45, 7) is 5.34. The van der Waals surface area contributed by atoms with Crippen molar-refractivity contribution in [2.24, 2.45) is 0 Å². The lowest BCUT2D eigenvalue weighted by molar-refractivity contribution is 0.0233. The minimum atomic E-state index is -3.87. The molecule has 2 N–H and O–H groups in total. The zero-order chi connectivity index (χ0) is 19.4. The number of sulfonamides is 1. The Morgan fingerprint density at radius 3 is 2.38 bits per heavy atom. The van der Waals surface area contributed by atoms with E-state index >= 15 is 0 Å². The van der Waals surface area contributed by atoms with Gasteiger partial charge in [-0.05, 0) is 44.5 Å². The summed E-state index contributed by atoms with van der Waals surface area (Å²) in [6.07, 6.45) is 0. The van der Waals surface area contributed by atoms with Gasteiger partial charge in [-0.15, -0.1) is 0 Å². The molecule has 0 aliphatic carbocycles. The highest BCUT2D eigenvalue weighted by atomic mass is 35.5. The number of halogens is 1. The van der Waals surface area contributed by atoms with Gasteiger partial charge in [-0.3, -0.25) is 9.63 Å². The third-order valence-corrected chi connectivity index (χ3v) is 5.41. The molecule has 6 nitrogen and oxygen atoms in total. The molecule has 0 spiro atoms. The van der Waals surface area contributed by atoms with Gasteiger partial charge in [-0.2, -0.15) is 0 Å². The van der Waals surface area contributed by atoms with Crippen molar-refractivity contribution in [2.75, 3.05) is 0 Å². The Bertz CT molecular complexity index is 878. The fraction of sp³-hybridized carbons (Fsp3) is 0.278. The summed E-state index contributed by atoms with van der Waals surface area (Å²) in [5.41, 5.74) is 2.63. The fourth-order valence-corrected chi connectivity index (χ4v) is 4.07. The summed E-state index contributed by atoms with van der Waals surface area (Å²) in [4.78, 5) is 17.2. The van der Waals surface area contributed by atoms with Gasteiger partial charge in [0.25, 0.3) is 5.91 Å². The maximum atomic E-state index is 12.5. The Balaban J connectivity index is 2.11. The van der Waals surface area contributed by atoms with Crippen molar-refractivity contribution in [3.63, 3.8) is 0 Å². The van der Waals surface area contributed by atoms with E-state index < -0.39 is 21.5 Å². The summed E-state index contributed by atoms with van der Waals surface area (Å²) in [6, 6.07) is 13.3. The zero-order valence-corrected chi connectivity index (χ0v) is 16.3. The van der Waals surface area contributed by atoms with Gasteiger partial charge in [-0.25, -0.2) is 18.6 Å². The van der Waals surface area contributed by atoms with E-state index in [9.17, 15) is 13.2 Å². The topological polar surface area (TPSA) is 84.5 Å². The summed E-state index contributed by atoms with van der Waals surface area (Å²) < 4.78 is 27.5. The van der Waals surface area contributed by atoms with Crippen LogP contribution in [0.4, 0.5) is 0 Å². The molecule has 0 atom stereocenters. The zero-order valence-electron chi connectivity index (χ0n) is 14.7. The van der Waals surface area contributed by atoms with Gasteiger partial charge in [0.1, 0.15) is 4.90 Å². The van der Waals surface area contributed by atoms with Crippen molar-refractivity contribution >= 4 is 27.5 Å². The summed E-state index contributed by atoms with van der Waals surface area (Å²) in [5.74, 6) is -0.565. The third kappa shape index (κ3) is 5.81. The van der Waals surface area contributed by atoms with Crippen LogP contribution in [0.2, 0.25) is 5.02 Å². The van der Waals surface area contributed by atoms with Crippen LogP contribution in [-0.4, -0.2) is 19.9 Å². The average molecular weight is 397 g/mol. The lowest BCUT2D eigenvalue weighted by Gasteiger charge is -2.21. The highest BCUT2D eigenvalue weighted by Gasteiger charge is 2.25. The van der Waals surface area contributed by atoms with E-state index in [1.54, 1.807) is 20.8 Å². The Morgan fingerprint density at radius 2 is 1.77 bits per heavy atom. The molecular weight excluding hydrogens is 376 g/mol. The molecule has 0 aliphatic rings. The highest BCUT2D eigenvalue weighted by Crippen LogP contribution is 2.24. The van der Waals surface area contributed by atoms with E-state index in [-0.39, 0.29) is 22.1 Å². The van der Waals surface area contributed by atoms with Crippen LogP contribution in [0.3, 0.4) is 0 Å². The summed E-state index contributed by atoms with van der Waals surface area (Å²) in [7, 11) is -3.87. The van der Waals surface area contributed by atoms with Gasteiger partial charge >= 0.3 is 0 Å². The van der Waals surface area contributed by atoms with Crippen LogP contribution in [0.25, 0.3) is 0 Å². The van der Waals surface area contributed by atoms with Gasteiger partial charge in [0.05, 0.1) is 11.6 Å². The van der Waals surface area contributed by atoms with E-state index in [0.717, 1.165) is 5.56 Å². The van der Waals surface area contributed by atoms with E-state index in [1.165, 1.54) is 18.2 Å². The molecule has 0 unspecified atom stereocenters. The number of rotatable bonds is 6. The SMILES string of the molecule is CC(C)(C)NS(=O)(=O)c1cc(C(=O)NOCc2ccccc2)ccc1Cl. The minimum absolute atomic E-state index is 0.0310. The molecule has 0 saturated heterocycles. The Morgan fingerprint density at radius 1 is 1.12 bits per heavy atom. The van der Waals surface area contributed by atoms with Crippen molar-refractivity contribution in [3.05, 3.63) is 64.7 Å². The predicted octanol–water partition coefficient (Wildman–Crippen LogP) is 3.28. The fourth-order valence-electron chi connectivity index (χ4n) is 2.13. The maximum absolute atomic E-state index is 12.5. The smallest absolute Gasteiger partial charge is 0.269 e. The molecule has 2 rings (SSSR count). The van der Waals surface area contributed by atoms with Crippen LogP contribution >= 0.6 is 11.6 Å². The van der Waals surface area contributed by atoms with Crippen LogP contribution < -0.4 is 10.2 Å². The van der Waals surface area contributed by atoms with Crippen LogP contribution in [-0.2, 0) is 21.5 Å². The van der Waals surface area contributed by atoms with Crippen molar-refractivity contribution < 1.29 is 18.0 Å². The van der Waals surface area contributed by atoms with Gasteiger partial charge < -0.3 is 0 Å². The minimum Gasteiger partial charge on any atom is -0.269 e. The second-order valence-electron chi connectivity index (χ2n) is 6.71. The van der Waals surface area contributed by atoms with Crippen LogP contribution in [0, 0.1) is 0 Å².